The average Bonchev–Trinajstić information content (AvgIpc) is 2.40. The summed E-state index contributed by atoms with van der Waals surface area (Å²) >= 11 is 7.16. The van der Waals surface area contributed by atoms with Crippen LogP contribution in [0, 0.1) is 0 Å². The second-order valence-corrected chi connectivity index (χ2v) is 5.94. The fourth-order valence-electron chi connectivity index (χ4n) is 2.43. The Morgan fingerprint density at radius 2 is 1.11 bits per heavy atom. The Bertz CT molecular complexity index is 826. The minimum absolute atomic E-state index is 1.01. The van der Waals surface area contributed by atoms with E-state index in [0.717, 1.165) is 30.8 Å². The lowest BCUT2D eigenvalue weighted by Gasteiger charge is -2.10. The number of aromatic nitrogens is 2. The summed E-state index contributed by atoms with van der Waals surface area (Å²) in [5.41, 5.74) is 2.01. The zero-order valence-electron chi connectivity index (χ0n) is 9.11. The molecular weight excluding hydrogens is 356 g/mol. The number of hydrogen-bond acceptors (Lipinski definition) is 2. The average molecular weight is 362 g/mol. The highest BCUT2D eigenvalue weighted by molar-refractivity contribution is 9.11. The molecule has 2 heterocycles. The predicted octanol–water partition coefficient (Wildman–Crippen LogP) is 4.90. The van der Waals surface area contributed by atoms with E-state index in [1.807, 2.05) is 36.7 Å². The van der Waals surface area contributed by atoms with Crippen LogP contribution in [0.1, 0.15) is 0 Å². The normalized spacial score (nSPS) is 11.9. The van der Waals surface area contributed by atoms with Gasteiger partial charge in [-0.1, -0.05) is 31.9 Å². The smallest absolute Gasteiger partial charge is 0.0716 e. The summed E-state index contributed by atoms with van der Waals surface area (Å²) in [6.45, 7) is 0. The molecule has 2 aromatic heterocycles. The first-order chi connectivity index (χ1) is 8.75. The molecule has 2 aromatic carbocycles. The lowest BCUT2D eigenvalue weighted by atomic mass is 10.0. The minimum atomic E-state index is 1.01. The second kappa shape index (κ2) is 3.62. The van der Waals surface area contributed by atoms with E-state index in [-0.39, 0.29) is 0 Å². The van der Waals surface area contributed by atoms with Crippen molar-refractivity contribution in [3.8, 4) is 0 Å². The maximum absolute atomic E-state index is 4.53. The van der Waals surface area contributed by atoms with Crippen LogP contribution >= 0.6 is 31.9 Å². The van der Waals surface area contributed by atoms with Crippen LogP contribution in [0.15, 0.2) is 45.6 Å². The summed E-state index contributed by atoms with van der Waals surface area (Å²) in [6, 6.07) is 8.11. The molecule has 0 fully saturated rings. The van der Waals surface area contributed by atoms with Gasteiger partial charge in [0, 0.05) is 42.9 Å². The largest absolute Gasteiger partial charge is 0.256 e. The molecule has 0 amide bonds. The Balaban J connectivity index is 2.47. The molecule has 0 N–H and O–H groups in total. The lowest BCUT2D eigenvalue weighted by Crippen LogP contribution is -1.90. The molecule has 0 aliphatic carbocycles. The van der Waals surface area contributed by atoms with Crippen molar-refractivity contribution in [2.75, 3.05) is 0 Å². The van der Waals surface area contributed by atoms with Gasteiger partial charge < -0.3 is 0 Å². The van der Waals surface area contributed by atoms with E-state index < -0.39 is 0 Å². The van der Waals surface area contributed by atoms with Crippen molar-refractivity contribution in [2.24, 2.45) is 0 Å². The quantitative estimate of drug-likeness (QED) is 0.416. The van der Waals surface area contributed by atoms with Crippen molar-refractivity contribution >= 4 is 64.4 Å². The third-order valence-corrected chi connectivity index (χ3v) is 4.64. The maximum atomic E-state index is 4.53. The number of hydrogen-bond donors (Lipinski definition) is 0. The van der Waals surface area contributed by atoms with Crippen molar-refractivity contribution in [1.29, 1.82) is 0 Å². The SMILES string of the molecule is Brc1ccc2ncc3c(Br)ccc4ncc1c2c43. The topological polar surface area (TPSA) is 25.8 Å². The fraction of sp³-hybridized carbons (Fsp3) is 0. The van der Waals surface area contributed by atoms with Crippen molar-refractivity contribution in [1.82, 2.24) is 9.97 Å². The summed E-state index contributed by atoms with van der Waals surface area (Å²) in [5, 5.41) is 4.56. The van der Waals surface area contributed by atoms with Crippen LogP contribution in [0.25, 0.3) is 32.6 Å². The van der Waals surface area contributed by atoms with Gasteiger partial charge in [0.15, 0.2) is 0 Å². The number of rotatable bonds is 0. The zero-order chi connectivity index (χ0) is 12.3. The van der Waals surface area contributed by atoms with Crippen molar-refractivity contribution < 1.29 is 0 Å². The molecule has 18 heavy (non-hydrogen) atoms. The van der Waals surface area contributed by atoms with Crippen molar-refractivity contribution in [3.05, 3.63) is 45.6 Å². The number of halogens is 2. The third-order valence-electron chi connectivity index (χ3n) is 3.26. The third kappa shape index (κ3) is 1.27. The number of nitrogens with zero attached hydrogens (tertiary/aromatic N) is 2. The lowest BCUT2D eigenvalue weighted by molar-refractivity contribution is 1.40. The maximum Gasteiger partial charge on any atom is 0.0716 e. The number of pyridine rings is 2. The van der Waals surface area contributed by atoms with Gasteiger partial charge in [-0.15, -0.1) is 0 Å². The predicted molar refractivity (Wildman–Crippen MR) is 81.1 cm³/mol. The van der Waals surface area contributed by atoms with Gasteiger partial charge in [0.2, 0.25) is 0 Å². The summed E-state index contributed by atoms with van der Waals surface area (Å²) in [7, 11) is 0. The van der Waals surface area contributed by atoms with Gasteiger partial charge in [-0.2, -0.15) is 0 Å². The van der Waals surface area contributed by atoms with Gasteiger partial charge >= 0.3 is 0 Å². The molecule has 4 rings (SSSR count). The Morgan fingerprint density at radius 1 is 0.667 bits per heavy atom. The first-order valence-corrected chi connectivity index (χ1v) is 7.08. The Labute approximate surface area is 120 Å². The molecule has 0 aliphatic heterocycles. The van der Waals surface area contributed by atoms with E-state index >= 15 is 0 Å². The fourth-order valence-corrected chi connectivity index (χ4v) is 3.29. The summed E-state index contributed by atoms with van der Waals surface area (Å²) in [5.74, 6) is 0. The van der Waals surface area contributed by atoms with E-state index in [1.165, 1.54) is 10.8 Å². The van der Waals surface area contributed by atoms with Gasteiger partial charge in [0.25, 0.3) is 0 Å². The molecule has 2 nitrogen and oxygen atoms in total. The van der Waals surface area contributed by atoms with Gasteiger partial charge in [-0.3, -0.25) is 9.97 Å². The molecular formula is C14H6Br2N2. The summed E-state index contributed by atoms with van der Waals surface area (Å²) in [4.78, 5) is 9.07. The highest BCUT2D eigenvalue weighted by atomic mass is 79.9. The second-order valence-electron chi connectivity index (χ2n) is 4.23. The van der Waals surface area contributed by atoms with Crippen LogP contribution in [0.5, 0.6) is 0 Å². The molecule has 0 aliphatic rings. The highest BCUT2D eigenvalue weighted by Crippen LogP contribution is 2.37. The van der Waals surface area contributed by atoms with Crippen LogP contribution in [0.4, 0.5) is 0 Å². The molecule has 0 bridgehead atoms. The molecule has 0 saturated heterocycles. The van der Waals surface area contributed by atoms with E-state index in [0.29, 0.717) is 0 Å². The molecule has 0 saturated carbocycles. The van der Waals surface area contributed by atoms with Gasteiger partial charge in [-0.05, 0) is 24.3 Å². The highest BCUT2D eigenvalue weighted by Gasteiger charge is 2.12. The molecule has 0 atom stereocenters. The molecule has 0 radical (unpaired) electrons. The number of benzene rings is 2. The molecule has 0 unspecified atom stereocenters. The van der Waals surface area contributed by atoms with Crippen LogP contribution in [0.2, 0.25) is 0 Å². The first-order valence-electron chi connectivity index (χ1n) is 5.49. The van der Waals surface area contributed by atoms with Gasteiger partial charge in [0.1, 0.15) is 0 Å². The molecule has 86 valence electrons. The minimum Gasteiger partial charge on any atom is -0.256 e. The standard InChI is InChI=1S/C14H6Br2N2/c15-9-1-3-11-13-7(9)5-18-12-4-2-10(16)8(6-17-11)14(12)13/h1-6H. The Morgan fingerprint density at radius 3 is 1.56 bits per heavy atom. The van der Waals surface area contributed by atoms with Gasteiger partial charge in [-0.25, -0.2) is 0 Å². The van der Waals surface area contributed by atoms with Crippen LogP contribution < -0.4 is 0 Å². The molecule has 0 spiro atoms. The van der Waals surface area contributed by atoms with Gasteiger partial charge in [0.05, 0.1) is 11.0 Å². The zero-order valence-corrected chi connectivity index (χ0v) is 12.3. The molecule has 4 aromatic rings. The van der Waals surface area contributed by atoms with E-state index in [1.54, 1.807) is 0 Å². The van der Waals surface area contributed by atoms with E-state index in [2.05, 4.69) is 41.8 Å². The van der Waals surface area contributed by atoms with Crippen molar-refractivity contribution in [3.63, 3.8) is 0 Å². The Hall–Kier alpha value is -1.26. The molecule has 4 heteroatoms. The van der Waals surface area contributed by atoms with Crippen LogP contribution in [-0.4, -0.2) is 9.97 Å². The Kier molecular flexibility index (Phi) is 2.14. The van der Waals surface area contributed by atoms with Crippen LogP contribution in [0.3, 0.4) is 0 Å². The van der Waals surface area contributed by atoms with E-state index in [9.17, 15) is 0 Å². The summed E-state index contributed by atoms with van der Waals surface area (Å²) < 4.78 is 2.11. The summed E-state index contributed by atoms with van der Waals surface area (Å²) in [6.07, 6.45) is 3.81. The first kappa shape index (κ1) is 10.6. The van der Waals surface area contributed by atoms with Crippen LogP contribution in [-0.2, 0) is 0 Å². The monoisotopic (exact) mass is 360 g/mol. The van der Waals surface area contributed by atoms with Crippen molar-refractivity contribution in [2.45, 2.75) is 0 Å². The van der Waals surface area contributed by atoms with E-state index in [4.69, 9.17) is 0 Å².